The highest BCUT2D eigenvalue weighted by Gasteiger charge is 2.63. The standard InChI is InChI=1S/C20H25F3O2/c1-18-7-5-11(24)9-15(18)16(20(21,22)23)10-12-13-3-4-17(25)19(13,2)8-6-14(12)18/h9,12-14,16H,3-8,10H2,1-2H3/t12-,13-,14+,16?,18+,19-/m0/s1. The van der Waals surface area contributed by atoms with Crippen LogP contribution in [-0.2, 0) is 9.59 Å². The summed E-state index contributed by atoms with van der Waals surface area (Å²) in [5.74, 6) is -1.29. The number of Topliss-reactive ketones (excluding diaryl/α,β-unsaturated/α-hetero) is 1. The van der Waals surface area contributed by atoms with Crippen LogP contribution in [0.25, 0.3) is 0 Å². The van der Waals surface area contributed by atoms with E-state index in [-0.39, 0.29) is 35.7 Å². The Kier molecular flexibility index (Phi) is 3.60. The average molecular weight is 354 g/mol. The zero-order valence-electron chi connectivity index (χ0n) is 14.8. The van der Waals surface area contributed by atoms with E-state index in [1.54, 1.807) is 0 Å². The molecule has 5 heteroatoms. The van der Waals surface area contributed by atoms with Gasteiger partial charge in [0.15, 0.2) is 5.78 Å². The molecule has 0 aromatic carbocycles. The van der Waals surface area contributed by atoms with E-state index in [9.17, 15) is 22.8 Å². The van der Waals surface area contributed by atoms with Crippen molar-refractivity contribution in [3.05, 3.63) is 11.6 Å². The van der Waals surface area contributed by atoms with Crippen molar-refractivity contribution in [2.24, 2.45) is 34.5 Å². The fourth-order valence-corrected chi connectivity index (χ4v) is 6.72. The lowest BCUT2D eigenvalue weighted by molar-refractivity contribution is -0.193. The monoisotopic (exact) mass is 354 g/mol. The van der Waals surface area contributed by atoms with Gasteiger partial charge in [0.2, 0.25) is 0 Å². The summed E-state index contributed by atoms with van der Waals surface area (Å²) < 4.78 is 41.6. The van der Waals surface area contributed by atoms with Crippen LogP contribution in [-0.4, -0.2) is 17.7 Å². The molecule has 0 amide bonds. The zero-order chi connectivity index (χ0) is 18.2. The third-order valence-corrected chi connectivity index (χ3v) is 8.11. The number of allylic oxidation sites excluding steroid dienone is 1. The number of rotatable bonds is 0. The Morgan fingerprint density at radius 3 is 2.36 bits per heavy atom. The highest BCUT2D eigenvalue weighted by atomic mass is 19.4. The molecule has 0 radical (unpaired) electrons. The van der Waals surface area contributed by atoms with Crippen LogP contribution in [0.15, 0.2) is 11.6 Å². The van der Waals surface area contributed by atoms with E-state index in [1.807, 2.05) is 13.8 Å². The summed E-state index contributed by atoms with van der Waals surface area (Å²) >= 11 is 0. The molecular formula is C20H25F3O2. The van der Waals surface area contributed by atoms with Crippen LogP contribution in [0.2, 0.25) is 0 Å². The Labute approximate surface area is 146 Å². The molecule has 4 aliphatic rings. The number of carbonyl (C=O) groups is 2. The minimum absolute atomic E-state index is 0.0520. The van der Waals surface area contributed by atoms with E-state index < -0.39 is 22.9 Å². The van der Waals surface area contributed by atoms with Crippen LogP contribution in [0, 0.1) is 34.5 Å². The van der Waals surface area contributed by atoms with Gasteiger partial charge in [0.05, 0.1) is 5.92 Å². The summed E-state index contributed by atoms with van der Waals surface area (Å²) in [6.07, 6.45) is 0.723. The Morgan fingerprint density at radius 1 is 1.00 bits per heavy atom. The van der Waals surface area contributed by atoms with Gasteiger partial charge >= 0.3 is 6.18 Å². The van der Waals surface area contributed by atoms with Crippen molar-refractivity contribution in [1.29, 1.82) is 0 Å². The fraction of sp³-hybridized carbons (Fsp3) is 0.800. The number of fused-ring (bicyclic) bond motifs is 5. The van der Waals surface area contributed by atoms with E-state index in [4.69, 9.17) is 0 Å². The second kappa shape index (κ2) is 5.20. The number of hydrogen-bond donors (Lipinski definition) is 0. The number of alkyl halides is 3. The second-order valence-corrected chi connectivity index (χ2v) is 9.11. The van der Waals surface area contributed by atoms with Gasteiger partial charge in [0.25, 0.3) is 0 Å². The lowest BCUT2D eigenvalue weighted by atomic mass is 9.45. The van der Waals surface area contributed by atoms with Crippen LogP contribution in [0.1, 0.15) is 58.8 Å². The molecule has 0 aliphatic heterocycles. The summed E-state index contributed by atoms with van der Waals surface area (Å²) in [6.45, 7) is 3.92. The third-order valence-electron chi connectivity index (χ3n) is 8.11. The van der Waals surface area contributed by atoms with Crippen LogP contribution in [0.4, 0.5) is 13.2 Å². The Bertz CT molecular complexity index is 664. The number of ketones is 2. The van der Waals surface area contributed by atoms with Crippen molar-refractivity contribution in [2.75, 3.05) is 0 Å². The Morgan fingerprint density at radius 2 is 1.68 bits per heavy atom. The van der Waals surface area contributed by atoms with Gasteiger partial charge < -0.3 is 0 Å². The maximum Gasteiger partial charge on any atom is 0.395 e. The van der Waals surface area contributed by atoms with Gasteiger partial charge in [-0.05, 0) is 66.9 Å². The van der Waals surface area contributed by atoms with E-state index >= 15 is 0 Å². The molecule has 0 heterocycles. The number of carbonyl (C=O) groups excluding carboxylic acids is 2. The quantitative estimate of drug-likeness (QED) is 0.621. The van der Waals surface area contributed by atoms with Crippen molar-refractivity contribution >= 4 is 11.6 Å². The van der Waals surface area contributed by atoms with Gasteiger partial charge in [0, 0.05) is 18.3 Å². The topological polar surface area (TPSA) is 34.1 Å². The summed E-state index contributed by atoms with van der Waals surface area (Å²) in [5.41, 5.74) is -0.658. The molecule has 2 nitrogen and oxygen atoms in total. The predicted molar refractivity (Wildman–Crippen MR) is 86.6 cm³/mol. The molecule has 138 valence electrons. The van der Waals surface area contributed by atoms with Crippen molar-refractivity contribution < 1.29 is 22.8 Å². The highest BCUT2D eigenvalue weighted by Crippen LogP contribution is 2.67. The van der Waals surface area contributed by atoms with Gasteiger partial charge in [-0.1, -0.05) is 13.8 Å². The fourth-order valence-electron chi connectivity index (χ4n) is 6.72. The molecular weight excluding hydrogens is 329 g/mol. The third kappa shape index (κ3) is 2.30. The van der Waals surface area contributed by atoms with Crippen molar-refractivity contribution in [3.63, 3.8) is 0 Å². The normalized spacial score (nSPS) is 47.0. The summed E-state index contributed by atoms with van der Waals surface area (Å²) in [6, 6.07) is 0. The maximum absolute atomic E-state index is 13.9. The van der Waals surface area contributed by atoms with Crippen LogP contribution < -0.4 is 0 Å². The molecule has 6 atom stereocenters. The van der Waals surface area contributed by atoms with Crippen LogP contribution in [0.3, 0.4) is 0 Å². The SMILES string of the molecule is C[C@]12CCC(=O)C=C1C(C(F)(F)F)C[C@@H]1[C@H]2CC[C@]2(C)C(=O)CC[C@@H]12. The van der Waals surface area contributed by atoms with E-state index in [1.165, 1.54) is 6.08 Å². The molecule has 3 saturated carbocycles. The van der Waals surface area contributed by atoms with Crippen molar-refractivity contribution in [1.82, 2.24) is 0 Å². The molecule has 0 aromatic heterocycles. The smallest absolute Gasteiger partial charge is 0.299 e. The first-order valence-corrected chi connectivity index (χ1v) is 9.42. The maximum atomic E-state index is 13.9. The zero-order valence-corrected chi connectivity index (χ0v) is 14.8. The first kappa shape index (κ1) is 17.3. The van der Waals surface area contributed by atoms with Crippen molar-refractivity contribution in [2.45, 2.75) is 65.0 Å². The van der Waals surface area contributed by atoms with Gasteiger partial charge in [-0.15, -0.1) is 0 Å². The molecule has 25 heavy (non-hydrogen) atoms. The molecule has 3 fully saturated rings. The lowest BCUT2D eigenvalue weighted by Crippen LogP contribution is -2.54. The van der Waals surface area contributed by atoms with E-state index in [0.717, 1.165) is 19.3 Å². The largest absolute Gasteiger partial charge is 0.395 e. The molecule has 0 saturated heterocycles. The van der Waals surface area contributed by atoms with Gasteiger partial charge in [-0.2, -0.15) is 13.2 Å². The molecule has 0 spiro atoms. The number of halogens is 3. The number of hydrogen-bond acceptors (Lipinski definition) is 2. The molecule has 0 N–H and O–H groups in total. The Balaban J connectivity index is 1.80. The van der Waals surface area contributed by atoms with Gasteiger partial charge in [-0.3, -0.25) is 9.59 Å². The molecule has 4 rings (SSSR count). The second-order valence-electron chi connectivity index (χ2n) is 9.11. The molecule has 0 aromatic rings. The molecule has 4 aliphatic carbocycles. The van der Waals surface area contributed by atoms with Crippen molar-refractivity contribution in [3.8, 4) is 0 Å². The summed E-state index contributed by atoms with van der Waals surface area (Å²) in [7, 11) is 0. The van der Waals surface area contributed by atoms with E-state index in [2.05, 4.69) is 0 Å². The lowest BCUT2D eigenvalue weighted by Gasteiger charge is -2.58. The van der Waals surface area contributed by atoms with Crippen LogP contribution >= 0.6 is 0 Å². The van der Waals surface area contributed by atoms with Crippen LogP contribution in [0.5, 0.6) is 0 Å². The minimum atomic E-state index is -4.33. The van der Waals surface area contributed by atoms with Gasteiger partial charge in [-0.25, -0.2) is 0 Å². The van der Waals surface area contributed by atoms with E-state index in [0.29, 0.717) is 24.8 Å². The first-order valence-electron chi connectivity index (χ1n) is 9.42. The summed E-state index contributed by atoms with van der Waals surface area (Å²) in [5, 5.41) is 0. The first-order chi connectivity index (χ1) is 11.6. The minimum Gasteiger partial charge on any atom is -0.299 e. The molecule has 1 unspecified atom stereocenters. The molecule has 0 bridgehead atoms. The predicted octanol–water partition coefficient (Wildman–Crippen LogP) is 4.88. The Hall–Kier alpha value is -1.13. The highest BCUT2D eigenvalue weighted by molar-refractivity contribution is 5.92. The average Bonchev–Trinajstić information content (AvgIpc) is 2.82. The summed E-state index contributed by atoms with van der Waals surface area (Å²) in [4.78, 5) is 24.3. The van der Waals surface area contributed by atoms with Gasteiger partial charge in [0.1, 0.15) is 5.78 Å².